The van der Waals surface area contributed by atoms with E-state index in [1.165, 1.54) is 28.0 Å². The number of aldehydes is 1. The maximum Gasteiger partial charge on any atom is 0.252 e. The molecule has 1 saturated heterocycles. The number of nitrogens with zero attached hydrogens (tertiary/aromatic N) is 2. The number of aromatic nitrogens is 1. The van der Waals surface area contributed by atoms with Gasteiger partial charge < -0.3 is 15.4 Å². The number of ketones is 1. The summed E-state index contributed by atoms with van der Waals surface area (Å²) < 4.78 is -0.511. The first kappa shape index (κ1) is 45.0. The first-order valence-corrected chi connectivity index (χ1v) is 24.2. The molecule has 11 heteroatoms. The lowest BCUT2D eigenvalue weighted by Gasteiger charge is -2.38. The third kappa shape index (κ3) is 10.8. The zero-order valence-electron chi connectivity index (χ0n) is 35.6. The van der Waals surface area contributed by atoms with Gasteiger partial charge in [-0.2, -0.15) is 11.8 Å². The fourth-order valence-corrected chi connectivity index (χ4v) is 11.0. The zero-order valence-corrected chi connectivity index (χ0v) is 38.1. The lowest BCUT2D eigenvalue weighted by atomic mass is 9.84. The van der Waals surface area contributed by atoms with Crippen LogP contribution >= 0.6 is 34.9 Å². The van der Waals surface area contributed by atoms with Gasteiger partial charge >= 0.3 is 0 Å². The van der Waals surface area contributed by atoms with Crippen LogP contribution in [-0.2, 0) is 25.6 Å². The van der Waals surface area contributed by atoms with E-state index in [0.29, 0.717) is 41.2 Å². The fraction of sp³-hybridized carbons (Fsp3) is 0.294. The molecule has 0 bridgehead atoms. The van der Waals surface area contributed by atoms with E-state index in [1.54, 1.807) is 29.1 Å². The number of hydrogen-bond donors (Lipinski definition) is 2. The average molecular weight is 883 g/mol. The van der Waals surface area contributed by atoms with Gasteiger partial charge in [0.05, 0.1) is 22.1 Å². The Hall–Kier alpha value is -5.04. The number of carbonyl (C=O) groups excluding carboxylic acids is 3. The molecule has 62 heavy (non-hydrogen) atoms. The van der Waals surface area contributed by atoms with E-state index >= 15 is 0 Å². The number of benzene rings is 5. The van der Waals surface area contributed by atoms with Crippen LogP contribution in [0.5, 0.6) is 0 Å². The van der Waals surface area contributed by atoms with E-state index in [0.717, 1.165) is 17.6 Å². The van der Waals surface area contributed by atoms with Crippen molar-refractivity contribution in [2.75, 3.05) is 23.6 Å². The molecule has 1 aromatic heterocycles. The molecule has 1 amide bonds. The standard InChI is InChI=1S/C51H54N4O4S3/c1-50(2,3)59-55(40-25-26-42(43(32-40)49-52-28-30-61-49)48(58)54-44(27-29-60-4)47(57)31-36-17-9-5-10-18-36)46(35-56)45-33-41(34-53-45)62-51(37-19-11-6-12-20-37,38-21-13-7-14-22-38)39-23-15-8-16-24-39/h5-26,28,30,32,35,41,44-46,53H,27,29,31,33-34H2,1-4H3,(H,54,58)/t41?,44-,45?,46?/m0/s1. The highest BCUT2D eigenvalue weighted by atomic mass is 32.2. The molecule has 320 valence electrons. The van der Waals surface area contributed by atoms with Crippen molar-refractivity contribution in [3.05, 3.63) is 179 Å². The Kier molecular flexibility index (Phi) is 15.2. The average Bonchev–Trinajstić information content (AvgIpc) is 4.01. The van der Waals surface area contributed by atoms with Crippen LogP contribution in [0.3, 0.4) is 0 Å². The molecule has 1 aliphatic heterocycles. The number of hydrogen-bond acceptors (Lipinski definition) is 10. The van der Waals surface area contributed by atoms with E-state index in [9.17, 15) is 14.4 Å². The summed E-state index contributed by atoms with van der Waals surface area (Å²) in [5.41, 5.74) is 5.38. The zero-order chi connectivity index (χ0) is 43.5. The van der Waals surface area contributed by atoms with E-state index < -0.39 is 22.4 Å². The summed E-state index contributed by atoms with van der Waals surface area (Å²) in [5.74, 6) is 0.315. The lowest BCUT2D eigenvalue weighted by Crippen LogP contribution is -2.51. The van der Waals surface area contributed by atoms with Crippen LogP contribution in [0.15, 0.2) is 151 Å². The number of rotatable bonds is 19. The monoisotopic (exact) mass is 882 g/mol. The van der Waals surface area contributed by atoms with Crippen LogP contribution in [0.25, 0.3) is 10.6 Å². The second-order valence-electron chi connectivity index (χ2n) is 16.4. The van der Waals surface area contributed by atoms with Crippen molar-refractivity contribution in [2.24, 2.45) is 0 Å². The molecule has 0 spiro atoms. The smallest absolute Gasteiger partial charge is 0.252 e. The van der Waals surface area contributed by atoms with Gasteiger partial charge in [-0.3, -0.25) is 14.4 Å². The quantitative estimate of drug-likeness (QED) is 0.0468. The highest BCUT2D eigenvalue weighted by molar-refractivity contribution is 8.01. The minimum absolute atomic E-state index is 0.0429. The first-order valence-electron chi connectivity index (χ1n) is 21.0. The molecule has 5 aromatic carbocycles. The minimum atomic E-state index is -0.713. The number of carbonyl (C=O) groups is 3. The maximum absolute atomic E-state index is 14.3. The molecule has 0 saturated carbocycles. The fourth-order valence-electron chi connectivity index (χ4n) is 8.06. The van der Waals surface area contributed by atoms with Crippen LogP contribution in [0.1, 0.15) is 66.2 Å². The van der Waals surface area contributed by atoms with Crippen molar-refractivity contribution in [2.45, 2.75) is 73.8 Å². The number of hydroxylamine groups is 1. The van der Waals surface area contributed by atoms with Crippen molar-refractivity contribution in [1.82, 2.24) is 15.6 Å². The minimum Gasteiger partial charge on any atom is -0.342 e. The molecule has 2 heterocycles. The molecule has 0 aliphatic carbocycles. The Morgan fingerprint density at radius 1 is 0.887 bits per heavy atom. The van der Waals surface area contributed by atoms with Crippen LogP contribution < -0.4 is 15.7 Å². The van der Waals surface area contributed by atoms with Gasteiger partial charge in [0.1, 0.15) is 17.3 Å². The summed E-state index contributed by atoms with van der Waals surface area (Å²) in [4.78, 5) is 52.6. The topological polar surface area (TPSA) is 101 Å². The predicted molar refractivity (Wildman–Crippen MR) is 257 cm³/mol. The summed E-state index contributed by atoms with van der Waals surface area (Å²) in [7, 11) is 0. The first-order chi connectivity index (χ1) is 30.1. The van der Waals surface area contributed by atoms with Gasteiger partial charge in [0.15, 0.2) is 5.78 Å². The molecule has 7 rings (SSSR count). The van der Waals surface area contributed by atoms with E-state index in [-0.39, 0.29) is 29.4 Å². The Morgan fingerprint density at radius 3 is 2.02 bits per heavy atom. The third-order valence-corrected chi connectivity index (χ3v) is 14.1. The predicted octanol–water partition coefficient (Wildman–Crippen LogP) is 10.0. The lowest BCUT2D eigenvalue weighted by molar-refractivity contribution is -0.120. The summed E-state index contributed by atoms with van der Waals surface area (Å²) in [6.45, 7) is 6.56. The summed E-state index contributed by atoms with van der Waals surface area (Å²) in [6.07, 6.45) is 6.09. The van der Waals surface area contributed by atoms with Gasteiger partial charge in [0, 0.05) is 47.0 Å². The van der Waals surface area contributed by atoms with E-state index in [1.807, 2.05) is 86.6 Å². The number of anilines is 1. The van der Waals surface area contributed by atoms with Crippen LogP contribution in [0.2, 0.25) is 0 Å². The second-order valence-corrected chi connectivity index (χ2v) is 19.8. The highest BCUT2D eigenvalue weighted by Gasteiger charge is 2.44. The largest absolute Gasteiger partial charge is 0.342 e. The number of Topliss-reactive ketones (excluding diaryl/α,β-unsaturated/α-hetero) is 1. The summed E-state index contributed by atoms with van der Waals surface area (Å²) in [5, 5.41) is 11.1. The Labute approximate surface area is 378 Å². The summed E-state index contributed by atoms with van der Waals surface area (Å²) in [6, 6.07) is 45.4. The molecule has 2 N–H and O–H groups in total. The molecular weight excluding hydrogens is 829 g/mol. The Bertz CT molecular complexity index is 2260. The molecule has 1 fully saturated rings. The van der Waals surface area contributed by atoms with Gasteiger partial charge in [-0.1, -0.05) is 121 Å². The van der Waals surface area contributed by atoms with Crippen LogP contribution in [0.4, 0.5) is 5.69 Å². The molecule has 8 nitrogen and oxygen atoms in total. The van der Waals surface area contributed by atoms with Crippen molar-refractivity contribution >= 4 is 58.5 Å². The molecule has 4 atom stereocenters. The molecule has 6 aromatic rings. The van der Waals surface area contributed by atoms with Gasteiger partial charge in [0.25, 0.3) is 5.91 Å². The molecule has 1 aliphatic rings. The van der Waals surface area contributed by atoms with Gasteiger partial charge in [-0.05, 0) is 86.1 Å². The normalized spacial score (nSPS) is 16.3. The van der Waals surface area contributed by atoms with E-state index in [4.69, 9.17) is 4.84 Å². The van der Waals surface area contributed by atoms with E-state index in [2.05, 4.69) is 107 Å². The van der Waals surface area contributed by atoms with Crippen molar-refractivity contribution in [3.8, 4) is 10.6 Å². The number of thioether (sulfide) groups is 2. The Balaban J connectivity index is 1.19. The SMILES string of the molecule is CSCC[C@H](NC(=O)c1ccc(N(OC(C)(C)C)C(C=O)C2CC(SC(c3ccccc3)(c3ccccc3)c3ccccc3)CN2)cc1-c1nccs1)C(=O)Cc1ccccc1. The van der Waals surface area contributed by atoms with Crippen molar-refractivity contribution < 1.29 is 19.2 Å². The van der Waals surface area contributed by atoms with Gasteiger partial charge in [-0.15, -0.1) is 23.1 Å². The number of nitrogens with one attached hydrogen (secondary N) is 2. The number of amides is 1. The van der Waals surface area contributed by atoms with Crippen molar-refractivity contribution in [1.29, 1.82) is 0 Å². The molecular formula is C51H54N4O4S3. The van der Waals surface area contributed by atoms with Crippen LogP contribution in [0, 0.1) is 0 Å². The van der Waals surface area contributed by atoms with Crippen LogP contribution in [-0.4, -0.2) is 70.5 Å². The second kappa shape index (κ2) is 20.9. The molecule has 0 radical (unpaired) electrons. The van der Waals surface area contributed by atoms with Gasteiger partial charge in [0.2, 0.25) is 0 Å². The molecule has 3 unspecified atom stereocenters. The van der Waals surface area contributed by atoms with Crippen molar-refractivity contribution in [3.63, 3.8) is 0 Å². The Morgan fingerprint density at radius 2 is 1.48 bits per heavy atom. The number of thiazole rings is 1. The van der Waals surface area contributed by atoms with Gasteiger partial charge in [-0.25, -0.2) is 10.0 Å². The maximum atomic E-state index is 14.3. The third-order valence-electron chi connectivity index (χ3n) is 10.9. The highest BCUT2D eigenvalue weighted by Crippen LogP contribution is 2.51. The summed E-state index contributed by atoms with van der Waals surface area (Å²) >= 11 is 4.97.